The minimum Gasteiger partial charge on any atom is -0.497 e. The van der Waals surface area contributed by atoms with Crippen LogP contribution in [0.15, 0.2) is 24.3 Å². The highest BCUT2D eigenvalue weighted by Crippen LogP contribution is 2.19. The van der Waals surface area contributed by atoms with Gasteiger partial charge < -0.3 is 9.47 Å². The van der Waals surface area contributed by atoms with E-state index >= 15 is 0 Å². The summed E-state index contributed by atoms with van der Waals surface area (Å²) in [5, 5.41) is 0. The maximum absolute atomic E-state index is 11.5. The fourth-order valence-electron chi connectivity index (χ4n) is 1.54. The highest BCUT2D eigenvalue weighted by atomic mass is 16.5. The molecule has 0 heterocycles. The Hall–Kier alpha value is -1.51. The Bertz CT molecular complexity index is 347. The Morgan fingerprint density at radius 2 is 1.94 bits per heavy atom. The summed E-state index contributed by atoms with van der Waals surface area (Å²) >= 11 is 0. The molecule has 0 N–H and O–H groups in total. The van der Waals surface area contributed by atoms with Crippen LogP contribution in [0.25, 0.3) is 0 Å². The average molecular weight is 236 g/mol. The van der Waals surface area contributed by atoms with Gasteiger partial charge in [0.1, 0.15) is 11.5 Å². The third kappa shape index (κ3) is 5.38. The third-order valence-corrected chi connectivity index (χ3v) is 2.51. The zero-order valence-corrected chi connectivity index (χ0v) is 10.6. The van der Waals surface area contributed by atoms with Gasteiger partial charge in [0.25, 0.3) is 0 Å². The zero-order valence-electron chi connectivity index (χ0n) is 10.6. The van der Waals surface area contributed by atoms with Gasteiger partial charge in [-0.25, -0.2) is 0 Å². The summed E-state index contributed by atoms with van der Waals surface area (Å²) in [5.41, 5.74) is 0. The van der Waals surface area contributed by atoms with Gasteiger partial charge in [0.2, 0.25) is 0 Å². The fourth-order valence-corrected chi connectivity index (χ4v) is 1.54. The van der Waals surface area contributed by atoms with Crippen LogP contribution in [-0.2, 0) is 4.79 Å². The van der Waals surface area contributed by atoms with Crippen LogP contribution in [0.5, 0.6) is 11.5 Å². The van der Waals surface area contributed by atoms with Crippen molar-refractivity contribution < 1.29 is 14.3 Å². The Balaban J connectivity index is 2.34. The van der Waals surface area contributed by atoms with Gasteiger partial charge >= 0.3 is 5.97 Å². The minimum absolute atomic E-state index is 0.172. The van der Waals surface area contributed by atoms with Crippen molar-refractivity contribution in [3.63, 3.8) is 0 Å². The van der Waals surface area contributed by atoms with Gasteiger partial charge in [0, 0.05) is 12.5 Å². The first-order valence-electron chi connectivity index (χ1n) is 6.11. The molecule has 3 heteroatoms. The molecule has 0 aromatic heterocycles. The van der Waals surface area contributed by atoms with Gasteiger partial charge in [-0.3, -0.25) is 4.79 Å². The van der Waals surface area contributed by atoms with E-state index in [-0.39, 0.29) is 5.97 Å². The van der Waals surface area contributed by atoms with Crippen molar-refractivity contribution in [2.45, 2.75) is 39.0 Å². The van der Waals surface area contributed by atoms with Crippen LogP contribution in [-0.4, -0.2) is 13.1 Å². The van der Waals surface area contributed by atoms with Crippen LogP contribution in [0, 0.1) is 0 Å². The van der Waals surface area contributed by atoms with Crippen molar-refractivity contribution in [3.05, 3.63) is 24.3 Å². The molecule has 0 bridgehead atoms. The van der Waals surface area contributed by atoms with Crippen LogP contribution in [0.2, 0.25) is 0 Å². The molecule has 3 nitrogen and oxygen atoms in total. The second-order valence-electron chi connectivity index (χ2n) is 3.96. The molecule has 0 fully saturated rings. The van der Waals surface area contributed by atoms with Crippen molar-refractivity contribution in [2.75, 3.05) is 7.11 Å². The molecule has 0 unspecified atom stereocenters. The number of hydrogen-bond acceptors (Lipinski definition) is 3. The molecule has 0 aliphatic rings. The Morgan fingerprint density at radius 3 is 2.65 bits per heavy atom. The summed E-state index contributed by atoms with van der Waals surface area (Å²) in [7, 11) is 1.59. The van der Waals surface area contributed by atoms with E-state index in [1.807, 2.05) is 6.07 Å². The normalized spacial score (nSPS) is 10.0. The van der Waals surface area contributed by atoms with E-state index in [4.69, 9.17) is 9.47 Å². The summed E-state index contributed by atoms with van der Waals surface area (Å²) in [5.74, 6) is 1.07. The number of benzene rings is 1. The second-order valence-corrected chi connectivity index (χ2v) is 3.96. The topological polar surface area (TPSA) is 35.5 Å². The average Bonchev–Trinajstić information content (AvgIpc) is 2.35. The van der Waals surface area contributed by atoms with Gasteiger partial charge in [-0.05, 0) is 18.6 Å². The molecular formula is C14H20O3. The highest BCUT2D eigenvalue weighted by molar-refractivity contribution is 5.72. The lowest BCUT2D eigenvalue weighted by Crippen LogP contribution is -2.07. The number of methoxy groups -OCH3 is 1. The largest absolute Gasteiger partial charge is 0.497 e. The molecule has 0 aliphatic heterocycles. The quantitative estimate of drug-likeness (QED) is 0.412. The molecule has 0 saturated carbocycles. The molecule has 1 rings (SSSR count). The molecule has 0 atom stereocenters. The van der Waals surface area contributed by atoms with Crippen LogP contribution >= 0.6 is 0 Å². The van der Waals surface area contributed by atoms with Gasteiger partial charge in [0.15, 0.2) is 0 Å². The number of rotatable bonds is 7. The number of esters is 1. The number of carbonyl (C=O) groups excluding carboxylic acids is 1. The molecule has 0 radical (unpaired) electrons. The van der Waals surface area contributed by atoms with Crippen molar-refractivity contribution in [3.8, 4) is 11.5 Å². The first-order valence-corrected chi connectivity index (χ1v) is 6.11. The van der Waals surface area contributed by atoms with Gasteiger partial charge in [-0.1, -0.05) is 32.3 Å². The van der Waals surface area contributed by atoms with E-state index in [2.05, 4.69) is 6.92 Å². The highest BCUT2D eigenvalue weighted by Gasteiger charge is 2.05. The molecule has 0 amide bonds. The number of carbonyl (C=O) groups is 1. The predicted molar refractivity (Wildman–Crippen MR) is 67.4 cm³/mol. The monoisotopic (exact) mass is 236 g/mol. The van der Waals surface area contributed by atoms with Gasteiger partial charge in [-0.15, -0.1) is 0 Å². The molecule has 0 aliphatic carbocycles. The molecule has 1 aromatic carbocycles. The minimum atomic E-state index is -0.172. The van der Waals surface area contributed by atoms with Gasteiger partial charge in [0.05, 0.1) is 7.11 Å². The van der Waals surface area contributed by atoms with E-state index in [1.54, 1.807) is 25.3 Å². The van der Waals surface area contributed by atoms with Crippen molar-refractivity contribution in [1.29, 1.82) is 0 Å². The number of hydrogen-bond donors (Lipinski definition) is 0. The fraction of sp³-hybridized carbons (Fsp3) is 0.500. The molecule has 0 saturated heterocycles. The Labute approximate surface area is 103 Å². The van der Waals surface area contributed by atoms with Crippen LogP contribution in [0.3, 0.4) is 0 Å². The summed E-state index contributed by atoms with van der Waals surface area (Å²) in [6, 6.07) is 7.09. The van der Waals surface area contributed by atoms with E-state index < -0.39 is 0 Å². The van der Waals surface area contributed by atoms with Crippen LogP contribution < -0.4 is 9.47 Å². The molecule has 94 valence electrons. The lowest BCUT2D eigenvalue weighted by molar-refractivity contribution is -0.134. The summed E-state index contributed by atoms with van der Waals surface area (Å²) in [4.78, 5) is 11.5. The SMILES string of the molecule is CCCCCCC(=O)Oc1cccc(OC)c1. The maximum Gasteiger partial charge on any atom is 0.311 e. The Morgan fingerprint density at radius 1 is 1.18 bits per heavy atom. The summed E-state index contributed by atoms with van der Waals surface area (Å²) < 4.78 is 10.3. The van der Waals surface area contributed by atoms with E-state index in [1.165, 1.54) is 12.8 Å². The van der Waals surface area contributed by atoms with E-state index in [0.29, 0.717) is 17.9 Å². The lowest BCUT2D eigenvalue weighted by atomic mass is 10.1. The predicted octanol–water partition coefficient (Wildman–Crippen LogP) is 3.57. The molecular weight excluding hydrogens is 216 g/mol. The summed E-state index contributed by atoms with van der Waals surface area (Å²) in [6.45, 7) is 2.15. The first-order chi connectivity index (χ1) is 8.26. The summed E-state index contributed by atoms with van der Waals surface area (Å²) in [6.07, 6.45) is 4.81. The van der Waals surface area contributed by atoms with Crippen LogP contribution in [0.4, 0.5) is 0 Å². The van der Waals surface area contributed by atoms with Crippen LogP contribution in [0.1, 0.15) is 39.0 Å². The molecule has 17 heavy (non-hydrogen) atoms. The standard InChI is InChI=1S/C14H20O3/c1-3-4-5-6-10-14(15)17-13-9-7-8-12(11-13)16-2/h7-9,11H,3-6,10H2,1-2H3. The molecule has 1 aromatic rings. The van der Waals surface area contributed by atoms with Crippen molar-refractivity contribution in [1.82, 2.24) is 0 Å². The van der Waals surface area contributed by atoms with Gasteiger partial charge in [-0.2, -0.15) is 0 Å². The zero-order chi connectivity index (χ0) is 12.5. The van der Waals surface area contributed by atoms with Crippen molar-refractivity contribution >= 4 is 5.97 Å². The van der Waals surface area contributed by atoms with E-state index in [0.717, 1.165) is 12.8 Å². The Kier molecular flexibility index (Phi) is 6.15. The van der Waals surface area contributed by atoms with Crippen molar-refractivity contribution in [2.24, 2.45) is 0 Å². The smallest absolute Gasteiger partial charge is 0.311 e. The molecule has 0 spiro atoms. The lowest BCUT2D eigenvalue weighted by Gasteiger charge is -2.05. The third-order valence-electron chi connectivity index (χ3n) is 2.51. The van der Waals surface area contributed by atoms with E-state index in [9.17, 15) is 4.79 Å². The maximum atomic E-state index is 11.5. The number of ether oxygens (including phenoxy) is 2. The second kappa shape index (κ2) is 7.71. The first kappa shape index (κ1) is 13.6. The number of unbranched alkanes of at least 4 members (excludes halogenated alkanes) is 3.